The molecule has 2 aromatic carbocycles. The van der Waals surface area contributed by atoms with Crippen LogP contribution in [0.25, 0.3) is 16.6 Å². The maximum Gasteiger partial charge on any atom is 0.266 e. The van der Waals surface area contributed by atoms with Crippen molar-refractivity contribution in [1.82, 2.24) is 15.0 Å². The van der Waals surface area contributed by atoms with E-state index in [1.807, 2.05) is 30.3 Å². The number of nitrogens with one attached hydrogen (secondary N) is 1. The van der Waals surface area contributed by atoms with Gasteiger partial charge in [-0.25, -0.2) is 14.9 Å². The summed E-state index contributed by atoms with van der Waals surface area (Å²) >= 11 is 1.48. The SMILES string of the molecule is O=C(CCCCCCSc1nc2ccc(F)cc2c(=O)n1-c1ccccc1)NO. The quantitative estimate of drug-likeness (QED) is 0.181. The molecule has 2 N–H and O–H groups in total. The molecule has 0 bridgehead atoms. The number of carbonyl (C=O) groups excluding carboxylic acids is 1. The summed E-state index contributed by atoms with van der Waals surface area (Å²) in [6.45, 7) is 0. The van der Waals surface area contributed by atoms with Crippen LogP contribution in [-0.4, -0.2) is 26.4 Å². The summed E-state index contributed by atoms with van der Waals surface area (Å²) in [4.78, 5) is 28.6. The minimum Gasteiger partial charge on any atom is -0.289 e. The van der Waals surface area contributed by atoms with Crippen LogP contribution >= 0.6 is 11.8 Å². The Bertz CT molecular complexity index is 1040. The van der Waals surface area contributed by atoms with Gasteiger partial charge in [0.1, 0.15) is 5.82 Å². The monoisotopic (exact) mass is 415 g/mol. The molecule has 3 aromatic rings. The average molecular weight is 415 g/mol. The fourth-order valence-electron chi connectivity index (χ4n) is 3.00. The Morgan fingerprint density at radius 2 is 1.86 bits per heavy atom. The van der Waals surface area contributed by atoms with E-state index in [1.54, 1.807) is 5.48 Å². The van der Waals surface area contributed by atoms with Gasteiger partial charge in [0.25, 0.3) is 5.56 Å². The minimum absolute atomic E-state index is 0.250. The predicted molar refractivity (Wildman–Crippen MR) is 111 cm³/mol. The Balaban J connectivity index is 1.75. The second-order valence-corrected chi connectivity index (χ2v) is 7.64. The Labute approximate surface area is 171 Å². The smallest absolute Gasteiger partial charge is 0.266 e. The number of nitrogens with zero attached hydrogens (tertiary/aromatic N) is 2. The summed E-state index contributed by atoms with van der Waals surface area (Å²) in [5.41, 5.74) is 2.50. The highest BCUT2D eigenvalue weighted by atomic mass is 32.2. The molecule has 0 radical (unpaired) electrons. The Morgan fingerprint density at radius 1 is 1.10 bits per heavy atom. The number of aromatic nitrogens is 2. The number of thioether (sulfide) groups is 1. The molecule has 1 amide bonds. The van der Waals surface area contributed by atoms with Crippen LogP contribution in [0.1, 0.15) is 32.1 Å². The molecule has 3 rings (SSSR count). The largest absolute Gasteiger partial charge is 0.289 e. The molecule has 0 saturated carbocycles. The van der Waals surface area contributed by atoms with Crippen molar-refractivity contribution in [3.8, 4) is 5.69 Å². The highest BCUT2D eigenvalue weighted by molar-refractivity contribution is 7.99. The van der Waals surface area contributed by atoms with E-state index in [-0.39, 0.29) is 16.9 Å². The van der Waals surface area contributed by atoms with Gasteiger partial charge in [-0.05, 0) is 43.2 Å². The van der Waals surface area contributed by atoms with Gasteiger partial charge in [-0.2, -0.15) is 0 Å². The summed E-state index contributed by atoms with van der Waals surface area (Å²) in [5, 5.41) is 9.30. The van der Waals surface area contributed by atoms with Crippen LogP contribution < -0.4 is 11.0 Å². The number of unbranched alkanes of at least 4 members (excludes halogenated alkanes) is 3. The van der Waals surface area contributed by atoms with Crippen molar-refractivity contribution in [2.24, 2.45) is 0 Å². The van der Waals surface area contributed by atoms with E-state index < -0.39 is 5.82 Å². The molecule has 0 saturated heterocycles. The number of carbonyl (C=O) groups is 1. The number of rotatable bonds is 9. The molecular weight excluding hydrogens is 393 g/mol. The molecule has 0 unspecified atom stereocenters. The van der Waals surface area contributed by atoms with Gasteiger partial charge >= 0.3 is 0 Å². The normalized spacial score (nSPS) is 11.0. The van der Waals surface area contributed by atoms with Crippen molar-refractivity contribution < 1.29 is 14.4 Å². The number of benzene rings is 2. The molecule has 8 heteroatoms. The fraction of sp³-hybridized carbons (Fsp3) is 0.286. The van der Waals surface area contributed by atoms with Crippen LogP contribution in [-0.2, 0) is 4.79 Å². The van der Waals surface area contributed by atoms with E-state index in [4.69, 9.17) is 5.21 Å². The van der Waals surface area contributed by atoms with Crippen LogP contribution in [0.3, 0.4) is 0 Å². The van der Waals surface area contributed by atoms with Crippen molar-refractivity contribution in [1.29, 1.82) is 0 Å². The van der Waals surface area contributed by atoms with Gasteiger partial charge in [-0.15, -0.1) is 0 Å². The molecule has 1 aromatic heterocycles. The number of fused-ring (bicyclic) bond motifs is 1. The molecule has 0 aliphatic heterocycles. The molecule has 0 fully saturated rings. The van der Waals surface area contributed by atoms with Gasteiger partial charge in [0.2, 0.25) is 5.91 Å². The molecule has 29 heavy (non-hydrogen) atoms. The first kappa shape index (κ1) is 21.0. The fourth-order valence-corrected chi connectivity index (χ4v) is 4.01. The maximum absolute atomic E-state index is 13.7. The van der Waals surface area contributed by atoms with E-state index in [0.29, 0.717) is 29.2 Å². The lowest BCUT2D eigenvalue weighted by molar-refractivity contribution is -0.129. The molecule has 0 aliphatic carbocycles. The summed E-state index contributed by atoms with van der Waals surface area (Å²) in [5.74, 6) is -0.0765. The predicted octanol–water partition coefficient (Wildman–Crippen LogP) is 4.07. The Kier molecular flexibility index (Phi) is 7.37. The summed E-state index contributed by atoms with van der Waals surface area (Å²) < 4.78 is 15.2. The van der Waals surface area contributed by atoms with Crippen molar-refractivity contribution in [3.05, 3.63) is 64.7 Å². The zero-order chi connectivity index (χ0) is 20.6. The number of hydrogen-bond donors (Lipinski definition) is 2. The first-order chi connectivity index (χ1) is 14.1. The van der Waals surface area contributed by atoms with Crippen molar-refractivity contribution in [3.63, 3.8) is 0 Å². The third kappa shape index (κ3) is 5.42. The maximum atomic E-state index is 13.7. The third-order valence-electron chi connectivity index (χ3n) is 4.47. The lowest BCUT2D eigenvalue weighted by Crippen LogP contribution is -2.22. The average Bonchev–Trinajstić information content (AvgIpc) is 2.74. The van der Waals surface area contributed by atoms with Crippen LogP contribution in [0, 0.1) is 5.82 Å². The number of halogens is 1. The molecule has 1 heterocycles. The first-order valence-corrected chi connectivity index (χ1v) is 10.4. The summed E-state index contributed by atoms with van der Waals surface area (Å²) in [6, 6.07) is 13.3. The van der Waals surface area contributed by atoms with E-state index in [9.17, 15) is 14.0 Å². The van der Waals surface area contributed by atoms with Crippen molar-refractivity contribution >= 4 is 28.6 Å². The van der Waals surface area contributed by atoms with E-state index in [1.165, 1.54) is 34.5 Å². The number of hydroxylamine groups is 1. The van der Waals surface area contributed by atoms with E-state index in [0.717, 1.165) is 25.0 Å². The molecular formula is C21H22FN3O3S. The zero-order valence-corrected chi connectivity index (χ0v) is 16.6. The summed E-state index contributed by atoms with van der Waals surface area (Å²) in [7, 11) is 0. The van der Waals surface area contributed by atoms with Crippen LogP contribution in [0.15, 0.2) is 58.5 Å². The zero-order valence-electron chi connectivity index (χ0n) is 15.8. The van der Waals surface area contributed by atoms with Gasteiger partial charge in [0.15, 0.2) is 5.16 Å². The van der Waals surface area contributed by atoms with Gasteiger partial charge < -0.3 is 0 Å². The molecule has 152 valence electrons. The molecule has 0 spiro atoms. The number of hydrogen-bond acceptors (Lipinski definition) is 5. The summed E-state index contributed by atoms with van der Waals surface area (Å²) in [6.07, 6.45) is 3.73. The lowest BCUT2D eigenvalue weighted by atomic mass is 10.1. The van der Waals surface area contributed by atoms with Gasteiger partial charge in [0.05, 0.1) is 16.6 Å². The van der Waals surface area contributed by atoms with Crippen LogP contribution in [0.4, 0.5) is 4.39 Å². The van der Waals surface area contributed by atoms with Crippen molar-refractivity contribution in [2.45, 2.75) is 37.3 Å². The first-order valence-electron chi connectivity index (χ1n) is 9.43. The number of amides is 1. The van der Waals surface area contributed by atoms with Crippen LogP contribution in [0.5, 0.6) is 0 Å². The van der Waals surface area contributed by atoms with Gasteiger partial charge in [-0.1, -0.05) is 42.8 Å². The van der Waals surface area contributed by atoms with E-state index in [2.05, 4.69) is 4.98 Å². The standard InChI is InChI=1S/C21H22FN3O3S/c22-15-11-12-18-17(14-15)20(27)25(16-8-4-3-5-9-16)21(23-18)29-13-7-2-1-6-10-19(26)24-28/h3-5,8-9,11-12,14,28H,1-2,6-7,10,13H2,(H,24,26). The van der Waals surface area contributed by atoms with Gasteiger partial charge in [-0.3, -0.25) is 19.4 Å². The van der Waals surface area contributed by atoms with Crippen LogP contribution in [0.2, 0.25) is 0 Å². The lowest BCUT2D eigenvalue weighted by Gasteiger charge is -2.13. The third-order valence-corrected chi connectivity index (χ3v) is 5.49. The Morgan fingerprint density at radius 3 is 2.62 bits per heavy atom. The topological polar surface area (TPSA) is 84.2 Å². The molecule has 6 nitrogen and oxygen atoms in total. The minimum atomic E-state index is -0.466. The van der Waals surface area contributed by atoms with Crippen molar-refractivity contribution in [2.75, 3.05) is 5.75 Å². The number of para-hydroxylation sites is 1. The van der Waals surface area contributed by atoms with E-state index >= 15 is 0 Å². The highest BCUT2D eigenvalue weighted by Crippen LogP contribution is 2.23. The van der Waals surface area contributed by atoms with Gasteiger partial charge in [0, 0.05) is 12.2 Å². The molecule has 0 aliphatic rings. The second kappa shape index (κ2) is 10.2. The molecule has 0 atom stereocenters. The second-order valence-electron chi connectivity index (χ2n) is 6.58. The Hall–Kier alpha value is -2.71. The highest BCUT2D eigenvalue weighted by Gasteiger charge is 2.14.